The van der Waals surface area contributed by atoms with E-state index < -0.39 is 0 Å². The predicted octanol–water partition coefficient (Wildman–Crippen LogP) is 3.94. The SMILES string of the molecule is Cc1ccc(/C=N\n2c(-c3ccc(F)cc3)n[nH]c2=S)cc1. The summed E-state index contributed by atoms with van der Waals surface area (Å²) in [5, 5.41) is 11.2. The maximum Gasteiger partial charge on any atom is 0.216 e. The van der Waals surface area contributed by atoms with Crippen LogP contribution in [0, 0.1) is 17.5 Å². The van der Waals surface area contributed by atoms with Crippen molar-refractivity contribution >= 4 is 18.4 Å². The van der Waals surface area contributed by atoms with E-state index in [1.165, 1.54) is 22.4 Å². The lowest BCUT2D eigenvalue weighted by atomic mass is 10.2. The van der Waals surface area contributed by atoms with Crippen molar-refractivity contribution in [1.82, 2.24) is 14.9 Å². The van der Waals surface area contributed by atoms with E-state index in [0.29, 0.717) is 10.6 Å². The zero-order valence-corrected chi connectivity index (χ0v) is 12.6. The van der Waals surface area contributed by atoms with Crippen LogP contribution in [0.4, 0.5) is 4.39 Å². The number of benzene rings is 2. The smallest absolute Gasteiger partial charge is 0.216 e. The van der Waals surface area contributed by atoms with Gasteiger partial charge in [-0.25, -0.2) is 9.49 Å². The van der Waals surface area contributed by atoms with Gasteiger partial charge in [0.15, 0.2) is 5.82 Å². The summed E-state index contributed by atoms with van der Waals surface area (Å²) in [6.07, 6.45) is 1.71. The quantitative estimate of drug-likeness (QED) is 0.588. The zero-order valence-electron chi connectivity index (χ0n) is 11.8. The predicted molar refractivity (Wildman–Crippen MR) is 87.0 cm³/mol. The Morgan fingerprint density at radius 2 is 1.82 bits per heavy atom. The van der Waals surface area contributed by atoms with Gasteiger partial charge in [-0.15, -0.1) is 0 Å². The van der Waals surface area contributed by atoms with Crippen molar-refractivity contribution in [2.75, 3.05) is 0 Å². The molecule has 0 bridgehead atoms. The van der Waals surface area contributed by atoms with Crippen molar-refractivity contribution in [3.05, 3.63) is 70.2 Å². The van der Waals surface area contributed by atoms with Gasteiger partial charge in [-0.3, -0.25) is 0 Å². The molecule has 6 heteroatoms. The lowest BCUT2D eigenvalue weighted by Crippen LogP contribution is -1.95. The van der Waals surface area contributed by atoms with Crippen molar-refractivity contribution in [2.24, 2.45) is 5.10 Å². The van der Waals surface area contributed by atoms with Crippen LogP contribution in [-0.4, -0.2) is 21.1 Å². The van der Waals surface area contributed by atoms with Crippen LogP contribution < -0.4 is 0 Å². The summed E-state index contributed by atoms with van der Waals surface area (Å²) in [5.74, 6) is 0.237. The fourth-order valence-electron chi connectivity index (χ4n) is 1.96. The molecule has 0 amide bonds. The number of nitrogens with one attached hydrogen (secondary N) is 1. The maximum atomic E-state index is 13.0. The molecule has 0 atom stereocenters. The summed E-state index contributed by atoms with van der Waals surface area (Å²) in [6, 6.07) is 14.0. The Morgan fingerprint density at radius 3 is 2.50 bits per heavy atom. The Morgan fingerprint density at radius 1 is 1.14 bits per heavy atom. The fraction of sp³-hybridized carbons (Fsp3) is 0.0625. The minimum absolute atomic E-state index is 0.299. The monoisotopic (exact) mass is 312 g/mol. The molecule has 0 spiro atoms. The molecule has 0 aliphatic heterocycles. The third-order valence-electron chi connectivity index (χ3n) is 3.15. The molecular weight excluding hydrogens is 299 g/mol. The minimum atomic E-state index is -0.299. The number of aromatic nitrogens is 3. The Kier molecular flexibility index (Phi) is 3.93. The van der Waals surface area contributed by atoms with E-state index in [9.17, 15) is 4.39 Å². The van der Waals surface area contributed by atoms with E-state index in [4.69, 9.17) is 12.2 Å². The van der Waals surface area contributed by atoms with Crippen LogP contribution in [0.25, 0.3) is 11.4 Å². The Labute approximate surface area is 131 Å². The summed E-state index contributed by atoms with van der Waals surface area (Å²) in [6.45, 7) is 2.03. The van der Waals surface area contributed by atoms with Crippen molar-refractivity contribution in [1.29, 1.82) is 0 Å². The van der Waals surface area contributed by atoms with Crippen LogP contribution in [0.2, 0.25) is 0 Å². The van der Waals surface area contributed by atoms with Gasteiger partial charge in [0.2, 0.25) is 4.77 Å². The average Bonchev–Trinajstić information content (AvgIpc) is 2.89. The summed E-state index contributed by atoms with van der Waals surface area (Å²) < 4.78 is 14.9. The molecule has 0 unspecified atom stereocenters. The molecule has 22 heavy (non-hydrogen) atoms. The summed E-state index contributed by atoms with van der Waals surface area (Å²) in [7, 11) is 0. The van der Waals surface area contributed by atoms with Crippen molar-refractivity contribution in [2.45, 2.75) is 6.92 Å². The number of H-pyrrole nitrogens is 1. The van der Waals surface area contributed by atoms with Gasteiger partial charge in [-0.1, -0.05) is 29.8 Å². The van der Waals surface area contributed by atoms with E-state index in [1.54, 1.807) is 18.3 Å². The van der Waals surface area contributed by atoms with Crippen LogP contribution in [-0.2, 0) is 0 Å². The van der Waals surface area contributed by atoms with Crippen molar-refractivity contribution in [3.63, 3.8) is 0 Å². The highest BCUT2D eigenvalue weighted by atomic mass is 32.1. The topological polar surface area (TPSA) is 46.0 Å². The molecular formula is C16H13FN4S. The third kappa shape index (κ3) is 3.01. The molecule has 3 rings (SSSR count). The van der Waals surface area contributed by atoms with Crippen LogP contribution >= 0.6 is 12.2 Å². The number of halogens is 1. The highest BCUT2D eigenvalue weighted by molar-refractivity contribution is 7.71. The first-order valence-electron chi connectivity index (χ1n) is 6.68. The maximum absolute atomic E-state index is 13.0. The summed E-state index contributed by atoms with van der Waals surface area (Å²) in [4.78, 5) is 0. The van der Waals surface area contributed by atoms with E-state index in [-0.39, 0.29) is 5.82 Å². The first-order valence-corrected chi connectivity index (χ1v) is 7.09. The van der Waals surface area contributed by atoms with Crippen LogP contribution in [0.5, 0.6) is 0 Å². The van der Waals surface area contributed by atoms with Crippen molar-refractivity contribution in [3.8, 4) is 11.4 Å². The molecule has 4 nitrogen and oxygen atoms in total. The lowest BCUT2D eigenvalue weighted by Gasteiger charge is -2.01. The second kappa shape index (κ2) is 6.03. The van der Waals surface area contributed by atoms with Gasteiger partial charge in [0.05, 0.1) is 6.21 Å². The van der Waals surface area contributed by atoms with Crippen molar-refractivity contribution < 1.29 is 4.39 Å². The van der Waals surface area contributed by atoms with Crippen LogP contribution in [0.15, 0.2) is 53.6 Å². The number of nitrogens with zero attached hydrogens (tertiary/aromatic N) is 3. The van der Waals surface area contributed by atoms with E-state index in [1.807, 2.05) is 31.2 Å². The molecule has 3 aromatic rings. The van der Waals surface area contributed by atoms with Gasteiger partial charge in [-0.2, -0.15) is 14.9 Å². The number of hydrogen-bond donors (Lipinski definition) is 1. The standard InChI is InChI=1S/C16H13FN4S/c1-11-2-4-12(5-3-11)10-18-21-15(19-20-16(21)22)13-6-8-14(17)9-7-13/h2-10H,1H3,(H,20,22)/b18-10-. The van der Waals surface area contributed by atoms with Gasteiger partial charge in [0.25, 0.3) is 0 Å². The largest absolute Gasteiger partial charge is 0.250 e. The molecule has 0 saturated heterocycles. The first kappa shape index (κ1) is 14.3. The van der Waals surface area contributed by atoms with Crippen LogP contribution in [0.3, 0.4) is 0 Å². The summed E-state index contributed by atoms with van der Waals surface area (Å²) in [5.41, 5.74) is 2.87. The van der Waals surface area contributed by atoms with Gasteiger partial charge in [0.1, 0.15) is 5.82 Å². The summed E-state index contributed by atoms with van der Waals surface area (Å²) >= 11 is 5.19. The number of aromatic amines is 1. The Hall–Kier alpha value is -2.60. The Balaban J connectivity index is 1.97. The Bertz CT molecular complexity index is 860. The zero-order chi connectivity index (χ0) is 15.5. The molecule has 2 aromatic carbocycles. The molecule has 1 aromatic heterocycles. The molecule has 0 aliphatic carbocycles. The number of aryl methyl sites for hydroxylation is 1. The molecule has 0 aliphatic rings. The van der Waals surface area contributed by atoms with Gasteiger partial charge < -0.3 is 0 Å². The number of hydrogen-bond acceptors (Lipinski definition) is 3. The fourth-order valence-corrected chi connectivity index (χ4v) is 2.14. The third-order valence-corrected chi connectivity index (χ3v) is 3.42. The van der Waals surface area contributed by atoms with Gasteiger partial charge in [-0.05, 0) is 49.0 Å². The van der Waals surface area contributed by atoms with Gasteiger partial charge in [0, 0.05) is 5.56 Å². The second-order valence-electron chi connectivity index (χ2n) is 4.83. The van der Waals surface area contributed by atoms with E-state index in [2.05, 4.69) is 15.3 Å². The highest BCUT2D eigenvalue weighted by Crippen LogP contribution is 2.17. The van der Waals surface area contributed by atoms with E-state index >= 15 is 0 Å². The minimum Gasteiger partial charge on any atom is -0.250 e. The molecule has 0 fully saturated rings. The number of rotatable bonds is 3. The van der Waals surface area contributed by atoms with Gasteiger partial charge >= 0.3 is 0 Å². The molecule has 110 valence electrons. The average molecular weight is 312 g/mol. The first-order chi connectivity index (χ1) is 10.6. The normalized spacial score (nSPS) is 11.2. The lowest BCUT2D eigenvalue weighted by molar-refractivity contribution is 0.628. The molecule has 0 saturated carbocycles. The molecule has 1 heterocycles. The van der Waals surface area contributed by atoms with E-state index in [0.717, 1.165) is 11.1 Å². The second-order valence-corrected chi connectivity index (χ2v) is 5.21. The molecule has 0 radical (unpaired) electrons. The highest BCUT2D eigenvalue weighted by Gasteiger charge is 2.07. The molecule has 1 N–H and O–H groups in total. The van der Waals surface area contributed by atoms with Crippen LogP contribution in [0.1, 0.15) is 11.1 Å².